The molecule has 0 fully saturated rings. The summed E-state index contributed by atoms with van der Waals surface area (Å²) in [6.45, 7) is 0. The molecule has 0 atom stereocenters. The van der Waals surface area contributed by atoms with Crippen LogP contribution in [0.2, 0.25) is 10.0 Å². The number of rotatable bonds is 6. The summed E-state index contributed by atoms with van der Waals surface area (Å²) in [6, 6.07) is 2.26. The van der Waals surface area contributed by atoms with E-state index in [4.69, 9.17) is 23.2 Å². The fraction of sp³-hybridized carbons (Fsp3) is 0. The van der Waals surface area contributed by atoms with Gasteiger partial charge in [-0.1, -0.05) is 23.2 Å². The minimum Gasteiger partial charge on any atom is -0.258 e. The SMILES string of the molecule is O=[N+]([O-])c1cc([N+](=O)[O-])c(Cl)c([N+](=O)[O-])c1.O=[N+]([O-])c1cc([N+](=O)[O-])c(Cl)c([N+](=O)[O-])c1. The van der Waals surface area contributed by atoms with Crippen molar-refractivity contribution in [2.45, 2.75) is 0 Å². The van der Waals surface area contributed by atoms with Gasteiger partial charge < -0.3 is 0 Å². The van der Waals surface area contributed by atoms with E-state index in [2.05, 4.69) is 0 Å². The number of nitro groups is 6. The lowest BCUT2D eigenvalue weighted by atomic mass is 10.2. The molecule has 20 heteroatoms. The lowest BCUT2D eigenvalue weighted by molar-refractivity contribution is -0.403. The third-order valence-electron chi connectivity index (χ3n) is 3.25. The molecule has 0 aromatic heterocycles. The van der Waals surface area contributed by atoms with Gasteiger partial charge in [-0.05, 0) is 0 Å². The Hall–Kier alpha value is -4.58. The Morgan fingerprint density at radius 2 is 0.625 bits per heavy atom. The van der Waals surface area contributed by atoms with Crippen molar-refractivity contribution in [2.75, 3.05) is 0 Å². The lowest BCUT2D eigenvalue weighted by Crippen LogP contribution is -1.98. The van der Waals surface area contributed by atoms with Crippen molar-refractivity contribution < 1.29 is 29.5 Å². The molecule has 0 aliphatic carbocycles. The second kappa shape index (κ2) is 9.95. The molecule has 0 aliphatic heterocycles. The van der Waals surface area contributed by atoms with Gasteiger partial charge in [-0.2, -0.15) is 0 Å². The molecule has 0 saturated carbocycles. The Labute approximate surface area is 182 Å². The van der Waals surface area contributed by atoms with Crippen molar-refractivity contribution in [3.63, 3.8) is 0 Å². The second-order valence-electron chi connectivity index (χ2n) is 5.14. The van der Waals surface area contributed by atoms with Crippen LogP contribution in [0.25, 0.3) is 0 Å². The average molecular weight is 495 g/mol. The van der Waals surface area contributed by atoms with Gasteiger partial charge in [-0.25, -0.2) is 0 Å². The number of hydrogen-bond donors (Lipinski definition) is 0. The Morgan fingerprint density at radius 1 is 0.438 bits per heavy atom. The highest BCUT2D eigenvalue weighted by atomic mass is 35.5. The van der Waals surface area contributed by atoms with Gasteiger partial charge in [0.15, 0.2) is 10.0 Å². The highest BCUT2D eigenvalue weighted by Crippen LogP contribution is 2.38. The Balaban J connectivity index is 0.000000320. The van der Waals surface area contributed by atoms with E-state index in [9.17, 15) is 60.7 Å². The summed E-state index contributed by atoms with van der Waals surface area (Å²) < 4.78 is 0. The van der Waals surface area contributed by atoms with Crippen LogP contribution < -0.4 is 0 Å². The maximum atomic E-state index is 10.4. The molecule has 168 valence electrons. The first-order valence-corrected chi connectivity index (χ1v) is 7.98. The van der Waals surface area contributed by atoms with E-state index in [-0.39, 0.29) is 0 Å². The Morgan fingerprint density at radius 3 is 0.750 bits per heavy atom. The summed E-state index contributed by atoms with van der Waals surface area (Å²) in [5, 5.41) is 61.1. The van der Waals surface area contributed by atoms with Gasteiger partial charge in [0.05, 0.1) is 53.8 Å². The monoisotopic (exact) mass is 494 g/mol. The topological polar surface area (TPSA) is 259 Å². The van der Waals surface area contributed by atoms with Crippen LogP contribution in [0.5, 0.6) is 0 Å². The van der Waals surface area contributed by atoms with Crippen LogP contribution in [-0.2, 0) is 0 Å². The quantitative estimate of drug-likeness (QED) is 0.404. The van der Waals surface area contributed by atoms with E-state index in [1.54, 1.807) is 0 Å². The first kappa shape index (κ1) is 25.5. The van der Waals surface area contributed by atoms with E-state index >= 15 is 0 Å². The summed E-state index contributed by atoms with van der Waals surface area (Å²) in [5.41, 5.74) is -5.01. The average Bonchev–Trinajstić information content (AvgIpc) is 2.67. The minimum absolute atomic E-state index is 0.565. The molecule has 0 radical (unpaired) electrons. The highest BCUT2D eigenvalue weighted by Gasteiger charge is 2.30. The maximum Gasteiger partial charge on any atom is 0.301 e. The van der Waals surface area contributed by atoms with Crippen LogP contribution in [0.4, 0.5) is 34.1 Å². The van der Waals surface area contributed by atoms with Crippen LogP contribution in [0.3, 0.4) is 0 Å². The molecule has 0 aliphatic rings. The van der Waals surface area contributed by atoms with Crippen molar-refractivity contribution in [3.8, 4) is 0 Å². The van der Waals surface area contributed by atoms with Crippen molar-refractivity contribution in [2.24, 2.45) is 0 Å². The second-order valence-corrected chi connectivity index (χ2v) is 5.89. The zero-order valence-corrected chi connectivity index (χ0v) is 16.2. The predicted octanol–water partition coefficient (Wildman–Crippen LogP) is 4.13. The normalized spacial score (nSPS) is 9.81. The molecule has 2 aromatic rings. The molecule has 0 bridgehead atoms. The number of benzene rings is 2. The van der Waals surface area contributed by atoms with Crippen LogP contribution >= 0.6 is 23.2 Å². The third-order valence-corrected chi connectivity index (χ3v) is 4.02. The molecule has 0 saturated heterocycles. The number of nitrogens with zero attached hydrogens (tertiary/aromatic N) is 6. The predicted molar refractivity (Wildman–Crippen MR) is 103 cm³/mol. The first-order chi connectivity index (χ1) is 14.7. The number of hydrogen-bond acceptors (Lipinski definition) is 12. The summed E-state index contributed by atoms with van der Waals surface area (Å²) in [6.07, 6.45) is 0. The number of nitro benzene ring substituents is 6. The molecular weight excluding hydrogens is 491 g/mol. The van der Waals surface area contributed by atoms with Crippen LogP contribution in [0, 0.1) is 60.7 Å². The molecule has 32 heavy (non-hydrogen) atoms. The van der Waals surface area contributed by atoms with Crippen LogP contribution in [-0.4, -0.2) is 29.5 Å². The molecule has 0 unspecified atom stereocenters. The highest BCUT2D eigenvalue weighted by molar-refractivity contribution is 6.35. The lowest BCUT2D eigenvalue weighted by Gasteiger charge is -1.97. The van der Waals surface area contributed by atoms with Gasteiger partial charge in [-0.15, -0.1) is 0 Å². The molecule has 0 amide bonds. The molecule has 0 spiro atoms. The van der Waals surface area contributed by atoms with Gasteiger partial charge in [0.1, 0.15) is 0 Å². The van der Waals surface area contributed by atoms with Crippen molar-refractivity contribution >= 4 is 57.3 Å². The smallest absolute Gasteiger partial charge is 0.258 e. The van der Waals surface area contributed by atoms with E-state index in [1.165, 1.54) is 0 Å². The van der Waals surface area contributed by atoms with Gasteiger partial charge in [-0.3, -0.25) is 60.7 Å². The van der Waals surface area contributed by atoms with E-state index < -0.39 is 73.7 Å². The standard InChI is InChI=1S/2C6H2ClN3O6/c2*7-6-4(9(13)14)1-3(8(11)12)2-5(6)10(15)16/h2*1-2H. The van der Waals surface area contributed by atoms with E-state index in [0.717, 1.165) is 0 Å². The molecule has 2 aromatic carbocycles. The van der Waals surface area contributed by atoms with Crippen LogP contribution in [0.15, 0.2) is 24.3 Å². The fourth-order valence-electron chi connectivity index (χ4n) is 1.90. The van der Waals surface area contributed by atoms with Crippen LogP contribution in [0.1, 0.15) is 0 Å². The summed E-state index contributed by atoms with van der Waals surface area (Å²) in [7, 11) is 0. The summed E-state index contributed by atoms with van der Waals surface area (Å²) >= 11 is 10.7. The maximum absolute atomic E-state index is 10.4. The van der Waals surface area contributed by atoms with E-state index in [1.807, 2.05) is 0 Å². The van der Waals surface area contributed by atoms with Crippen molar-refractivity contribution in [1.82, 2.24) is 0 Å². The zero-order chi connectivity index (χ0) is 24.9. The van der Waals surface area contributed by atoms with Gasteiger partial charge in [0.25, 0.3) is 11.4 Å². The minimum atomic E-state index is -1.03. The molecular formula is C12H4Cl2N6O12. The van der Waals surface area contributed by atoms with Crippen molar-refractivity contribution in [3.05, 3.63) is 95.0 Å². The number of halogens is 2. The molecule has 0 N–H and O–H groups in total. The molecule has 2 rings (SSSR count). The largest absolute Gasteiger partial charge is 0.301 e. The fourth-order valence-corrected chi connectivity index (χ4v) is 2.40. The van der Waals surface area contributed by atoms with Gasteiger partial charge >= 0.3 is 22.7 Å². The van der Waals surface area contributed by atoms with E-state index in [0.29, 0.717) is 24.3 Å². The Kier molecular flexibility index (Phi) is 7.92. The third kappa shape index (κ3) is 5.73. The first-order valence-electron chi connectivity index (χ1n) is 7.22. The molecule has 0 heterocycles. The Bertz CT molecular complexity index is 1020. The summed E-state index contributed by atoms with van der Waals surface area (Å²) in [5.74, 6) is 0. The molecule has 18 nitrogen and oxygen atoms in total. The van der Waals surface area contributed by atoms with Gasteiger partial charge in [0, 0.05) is 0 Å². The zero-order valence-electron chi connectivity index (χ0n) is 14.6. The van der Waals surface area contributed by atoms with Crippen molar-refractivity contribution in [1.29, 1.82) is 0 Å². The van der Waals surface area contributed by atoms with Gasteiger partial charge in [0.2, 0.25) is 0 Å². The number of non-ortho nitro benzene ring substituents is 2. The summed E-state index contributed by atoms with van der Waals surface area (Å²) in [4.78, 5) is 56.5.